The number of sulfonamides is 1. The van der Waals surface area contributed by atoms with Crippen LogP contribution in [0.25, 0.3) is 0 Å². The van der Waals surface area contributed by atoms with E-state index in [0.29, 0.717) is 18.7 Å². The molecule has 0 aromatic heterocycles. The number of hydrogen-bond acceptors (Lipinski definition) is 4. The molecule has 1 amide bonds. The molecule has 0 unspecified atom stereocenters. The Morgan fingerprint density at radius 1 is 0.963 bits per heavy atom. The molecule has 0 radical (unpaired) electrons. The van der Waals surface area contributed by atoms with Gasteiger partial charge in [-0.1, -0.05) is 48.5 Å². The van der Waals surface area contributed by atoms with Crippen LogP contribution in [0.15, 0.2) is 59.5 Å². The number of carbonyl (C=O) groups excluding carboxylic acids is 1. The van der Waals surface area contributed by atoms with E-state index in [-0.39, 0.29) is 17.3 Å². The van der Waals surface area contributed by atoms with E-state index >= 15 is 0 Å². The number of piperazine rings is 1. The van der Waals surface area contributed by atoms with Gasteiger partial charge in [-0.05, 0) is 24.1 Å². The molecule has 3 rings (SSSR count). The summed E-state index contributed by atoms with van der Waals surface area (Å²) in [7, 11) is -3.68. The topological polar surface area (TPSA) is 69.7 Å². The molecule has 2 aromatic rings. The second kappa shape index (κ2) is 8.65. The molecule has 0 atom stereocenters. The van der Waals surface area contributed by atoms with Gasteiger partial charge in [-0.25, -0.2) is 13.1 Å². The van der Waals surface area contributed by atoms with Gasteiger partial charge in [0.2, 0.25) is 15.9 Å². The summed E-state index contributed by atoms with van der Waals surface area (Å²) in [5, 5.41) is 0. The maximum absolute atomic E-state index is 12.4. The van der Waals surface area contributed by atoms with E-state index in [0.717, 1.165) is 19.6 Å². The van der Waals surface area contributed by atoms with E-state index in [9.17, 15) is 13.2 Å². The third-order valence-electron chi connectivity index (χ3n) is 4.77. The molecule has 0 aliphatic carbocycles. The average molecular weight is 388 g/mol. The van der Waals surface area contributed by atoms with Gasteiger partial charge in [-0.3, -0.25) is 9.69 Å². The first-order valence-corrected chi connectivity index (χ1v) is 10.5. The Bertz CT molecular complexity index is 876. The van der Waals surface area contributed by atoms with Gasteiger partial charge in [0.05, 0.1) is 11.4 Å². The number of nitrogens with one attached hydrogen (secondary N) is 1. The third-order valence-corrected chi connectivity index (χ3v) is 6.33. The summed E-state index contributed by atoms with van der Waals surface area (Å²) >= 11 is 0. The van der Waals surface area contributed by atoms with Crippen molar-refractivity contribution in [1.29, 1.82) is 0 Å². The van der Waals surface area contributed by atoms with Crippen molar-refractivity contribution in [3.8, 4) is 0 Å². The number of nitrogens with zero attached hydrogens (tertiary/aromatic N) is 2. The number of aryl methyl sites for hydroxylation is 1. The Hall–Kier alpha value is -2.22. The predicted octanol–water partition coefficient (Wildman–Crippen LogP) is 1.62. The van der Waals surface area contributed by atoms with E-state index < -0.39 is 10.0 Å². The third kappa shape index (κ3) is 5.15. The number of rotatable bonds is 6. The molecule has 1 aliphatic heterocycles. The van der Waals surface area contributed by atoms with E-state index in [2.05, 4.69) is 21.8 Å². The van der Waals surface area contributed by atoms with Crippen LogP contribution in [-0.2, 0) is 21.4 Å². The van der Waals surface area contributed by atoms with Crippen LogP contribution >= 0.6 is 0 Å². The normalized spacial score (nSPS) is 15.7. The lowest BCUT2D eigenvalue weighted by Crippen LogP contribution is -2.50. The van der Waals surface area contributed by atoms with Crippen LogP contribution in [0.2, 0.25) is 0 Å². The van der Waals surface area contributed by atoms with E-state index in [4.69, 9.17) is 0 Å². The second-order valence-corrected chi connectivity index (χ2v) is 8.47. The van der Waals surface area contributed by atoms with Gasteiger partial charge in [0.15, 0.2) is 0 Å². The highest BCUT2D eigenvalue weighted by atomic mass is 32.2. The lowest BCUT2D eigenvalue weighted by Gasteiger charge is -2.34. The fraction of sp³-hybridized carbons (Fsp3) is 0.350. The average Bonchev–Trinajstić information content (AvgIpc) is 2.68. The predicted molar refractivity (Wildman–Crippen MR) is 105 cm³/mol. The van der Waals surface area contributed by atoms with Crippen molar-refractivity contribution < 1.29 is 13.2 Å². The van der Waals surface area contributed by atoms with Crippen LogP contribution in [0.3, 0.4) is 0 Å². The molecule has 1 fully saturated rings. The molecule has 0 saturated carbocycles. The molecule has 2 aromatic carbocycles. The summed E-state index contributed by atoms with van der Waals surface area (Å²) in [6.07, 6.45) is 0. The number of hydrogen-bond donors (Lipinski definition) is 1. The fourth-order valence-corrected chi connectivity index (χ4v) is 4.42. The van der Waals surface area contributed by atoms with Gasteiger partial charge in [-0.15, -0.1) is 0 Å². The molecule has 7 heteroatoms. The van der Waals surface area contributed by atoms with Crippen molar-refractivity contribution in [3.05, 3.63) is 65.7 Å². The van der Waals surface area contributed by atoms with Gasteiger partial charge in [-0.2, -0.15) is 0 Å². The Balaban J connectivity index is 1.49. The van der Waals surface area contributed by atoms with Crippen LogP contribution in [0.5, 0.6) is 0 Å². The Labute approximate surface area is 160 Å². The Kier molecular flexibility index (Phi) is 6.26. The first-order valence-electron chi connectivity index (χ1n) is 9.05. The minimum atomic E-state index is -3.68. The molecule has 0 bridgehead atoms. The monoisotopic (exact) mass is 387 g/mol. The van der Waals surface area contributed by atoms with Gasteiger partial charge >= 0.3 is 0 Å². The maximum atomic E-state index is 12.4. The van der Waals surface area contributed by atoms with Crippen LogP contribution in [0.1, 0.15) is 11.1 Å². The van der Waals surface area contributed by atoms with Gasteiger partial charge in [0.25, 0.3) is 0 Å². The van der Waals surface area contributed by atoms with Gasteiger partial charge < -0.3 is 4.90 Å². The minimum absolute atomic E-state index is 0.188. The first kappa shape index (κ1) is 19.5. The number of benzene rings is 2. The smallest absolute Gasteiger partial charge is 0.241 e. The summed E-state index contributed by atoms with van der Waals surface area (Å²) < 4.78 is 27.2. The number of carbonyl (C=O) groups is 1. The van der Waals surface area contributed by atoms with E-state index in [1.54, 1.807) is 36.1 Å². The molecule has 1 saturated heterocycles. The molecule has 27 heavy (non-hydrogen) atoms. The lowest BCUT2D eigenvalue weighted by atomic mass is 10.2. The summed E-state index contributed by atoms with van der Waals surface area (Å²) in [6.45, 7) is 5.17. The Morgan fingerprint density at radius 3 is 2.26 bits per heavy atom. The Morgan fingerprint density at radius 2 is 1.59 bits per heavy atom. The summed E-state index contributed by atoms with van der Waals surface area (Å²) in [5.74, 6) is -0.188. The summed E-state index contributed by atoms with van der Waals surface area (Å²) in [4.78, 5) is 16.6. The van der Waals surface area contributed by atoms with Crippen molar-refractivity contribution in [2.75, 3.05) is 32.7 Å². The minimum Gasteiger partial charge on any atom is -0.339 e. The van der Waals surface area contributed by atoms with E-state index in [1.165, 1.54) is 5.56 Å². The number of amides is 1. The fourth-order valence-electron chi connectivity index (χ4n) is 3.20. The SMILES string of the molecule is Cc1ccccc1S(=O)(=O)NCC(=O)N1CCN(Cc2ccccc2)CC1. The zero-order chi connectivity index (χ0) is 19.3. The molecular weight excluding hydrogens is 362 g/mol. The van der Waals surface area contributed by atoms with Crippen molar-refractivity contribution in [3.63, 3.8) is 0 Å². The van der Waals surface area contributed by atoms with E-state index in [1.807, 2.05) is 18.2 Å². The molecule has 1 aliphatic rings. The largest absolute Gasteiger partial charge is 0.339 e. The molecule has 144 valence electrons. The van der Waals surface area contributed by atoms with Crippen LogP contribution in [0, 0.1) is 6.92 Å². The standard InChI is InChI=1S/C20H25N3O3S/c1-17-7-5-6-10-19(17)27(25,26)21-15-20(24)23-13-11-22(12-14-23)16-18-8-3-2-4-9-18/h2-10,21H,11-16H2,1H3. The molecule has 1 heterocycles. The molecule has 1 N–H and O–H groups in total. The summed E-state index contributed by atoms with van der Waals surface area (Å²) in [6, 6.07) is 17.0. The van der Waals surface area contributed by atoms with Crippen molar-refractivity contribution in [2.24, 2.45) is 0 Å². The van der Waals surface area contributed by atoms with Crippen molar-refractivity contribution >= 4 is 15.9 Å². The highest BCUT2D eigenvalue weighted by Gasteiger charge is 2.23. The van der Waals surface area contributed by atoms with Gasteiger partial charge in [0.1, 0.15) is 0 Å². The molecular formula is C20H25N3O3S. The quantitative estimate of drug-likeness (QED) is 0.818. The van der Waals surface area contributed by atoms with Crippen molar-refractivity contribution in [2.45, 2.75) is 18.4 Å². The zero-order valence-electron chi connectivity index (χ0n) is 15.5. The first-order chi connectivity index (χ1) is 13.0. The highest BCUT2D eigenvalue weighted by Crippen LogP contribution is 2.14. The van der Waals surface area contributed by atoms with Crippen molar-refractivity contribution in [1.82, 2.24) is 14.5 Å². The van der Waals surface area contributed by atoms with Crippen LogP contribution in [0.4, 0.5) is 0 Å². The van der Waals surface area contributed by atoms with Gasteiger partial charge in [0, 0.05) is 32.7 Å². The maximum Gasteiger partial charge on any atom is 0.241 e. The second-order valence-electron chi connectivity index (χ2n) is 6.73. The highest BCUT2D eigenvalue weighted by molar-refractivity contribution is 7.89. The lowest BCUT2D eigenvalue weighted by molar-refractivity contribution is -0.131. The molecule has 0 spiro atoms. The molecule has 6 nitrogen and oxygen atoms in total. The van der Waals surface area contributed by atoms with Crippen LogP contribution < -0.4 is 4.72 Å². The summed E-state index contributed by atoms with van der Waals surface area (Å²) in [5.41, 5.74) is 1.91. The zero-order valence-corrected chi connectivity index (χ0v) is 16.3. The van der Waals surface area contributed by atoms with Crippen LogP contribution in [-0.4, -0.2) is 56.8 Å².